The van der Waals surface area contributed by atoms with Gasteiger partial charge in [-0.3, -0.25) is 0 Å². The minimum absolute atomic E-state index is 0.223. The van der Waals surface area contributed by atoms with Gasteiger partial charge in [-0.1, -0.05) is 0 Å². The summed E-state index contributed by atoms with van der Waals surface area (Å²) in [6, 6.07) is 3.21. The second kappa shape index (κ2) is 6.55. The van der Waals surface area contributed by atoms with Gasteiger partial charge in [-0.15, -0.1) is 0 Å². The molecule has 1 aliphatic rings. The smallest absolute Gasteiger partial charge is 0.410 e. The number of halogens is 1. The van der Waals surface area contributed by atoms with Crippen molar-refractivity contribution >= 4 is 11.9 Å². The van der Waals surface area contributed by atoms with E-state index in [2.05, 4.69) is 5.10 Å². The van der Waals surface area contributed by atoms with Gasteiger partial charge in [-0.05, 0) is 64.8 Å². The van der Waals surface area contributed by atoms with Gasteiger partial charge in [0.2, 0.25) is 0 Å². The quantitative estimate of drug-likeness (QED) is 0.817. The maximum atomic E-state index is 14.0. The molecule has 0 fully saturated rings. The molecule has 1 aliphatic heterocycles. The number of aromatic nitrogens is 2. The zero-order valence-corrected chi connectivity index (χ0v) is 16.8. The third-order valence-electron chi connectivity index (χ3n) is 4.80. The van der Waals surface area contributed by atoms with E-state index < -0.39 is 5.60 Å². The molecule has 27 heavy (non-hydrogen) atoms. The highest BCUT2D eigenvalue weighted by Crippen LogP contribution is 2.36. The predicted octanol–water partition coefficient (Wildman–Crippen LogP) is 4.06. The number of rotatable bonds is 1. The van der Waals surface area contributed by atoms with Crippen molar-refractivity contribution in [1.82, 2.24) is 14.7 Å². The fraction of sp³-hybridized carbons (Fsp3) is 0.500. The van der Waals surface area contributed by atoms with Crippen LogP contribution in [-0.2, 0) is 11.2 Å². The maximum absolute atomic E-state index is 14.0. The number of nitrogens with two attached hydrogens (primary N) is 1. The molecular weight excluding hydrogens is 347 g/mol. The van der Waals surface area contributed by atoms with E-state index in [1.165, 1.54) is 0 Å². The number of anilines is 1. The Hall–Kier alpha value is -2.57. The Labute approximate surface area is 159 Å². The summed E-state index contributed by atoms with van der Waals surface area (Å²) in [6.07, 6.45) is 0.233. The standard InChI is InChI=1S/C20H27FN4O2/c1-11-9-14(10-12(2)17(11)21)25-18(22)16-13(3)24(8-7-15(16)23-25)19(26)27-20(4,5)6/h9-10,13H,7-8,22H2,1-6H3/t13-/m0/s1. The van der Waals surface area contributed by atoms with E-state index in [4.69, 9.17) is 10.5 Å². The zero-order valence-electron chi connectivity index (χ0n) is 16.8. The third kappa shape index (κ3) is 3.50. The largest absolute Gasteiger partial charge is 0.444 e. The SMILES string of the molecule is Cc1cc(-n2nc3c(c2N)[C@H](C)N(C(=O)OC(C)(C)C)CC3)cc(C)c1F. The van der Waals surface area contributed by atoms with Crippen molar-refractivity contribution in [2.75, 3.05) is 12.3 Å². The molecule has 1 aromatic heterocycles. The second-order valence-electron chi connectivity index (χ2n) is 8.15. The number of carbonyl (C=O) groups is 1. The molecule has 2 heterocycles. The number of nitrogen functional groups attached to an aromatic ring is 1. The van der Waals surface area contributed by atoms with Gasteiger partial charge in [0.05, 0.1) is 17.4 Å². The third-order valence-corrected chi connectivity index (χ3v) is 4.80. The Kier molecular flexibility index (Phi) is 4.66. The van der Waals surface area contributed by atoms with Gasteiger partial charge in [-0.2, -0.15) is 5.10 Å². The molecule has 1 atom stereocenters. The molecular formula is C20H27FN4O2. The second-order valence-corrected chi connectivity index (χ2v) is 8.15. The van der Waals surface area contributed by atoms with Crippen LogP contribution >= 0.6 is 0 Å². The van der Waals surface area contributed by atoms with Crippen LogP contribution in [0.5, 0.6) is 0 Å². The molecule has 1 amide bonds. The normalized spacial score (nSPS) is 17.0. The molecule has 0 unspecified atom stereocenters. The van der Waals surface area contributed by atoms with Crippen molar-refractivity contribution in [3.8, 4) is 5.69 Å². The summed E-state index contributed by atoms with van der Waals surface area (Å²) in [7, 11) is 0. The summed E-state index contributed by atoms with van der Waals surface area (Å²) < 4.78 is 21.1. The van der Waals surface area contributed by atoms with Crippen LogP contribution in [0.25, 0.3) is 5.69 Å². The Balaban J connectivity index is 1.98. The molecule has 0 saturated heterocycles. The number of amides is 1. The molecule has 3 rings (SSSR count). The lowest BCUT2D eigenvalue weighted by Gasteiger charge is -2.34. The molecule has 0 bridgehead atoms. The van der Waals surface area contributed by atoms with Crippen LogP contribution in [0.1, 0.15) is 56.1 Å². The van der Waals surface area contributed by atoms with Crippen LogP contribution in [0.3, 0.4) is 0 Å². The van der Waals surface area contributed by atoms with E-state index >= 15 is 0 Å². The van der Waals surface area contributed by atoms with Crippen molar-refractivity contribution in [2.45, 2.75) is 59.6 Å². The first-order chi connectivity index (χ1) is 12.5. The fourth-order valence-corrected chi connectivity index (χ4v) is 3.52. The van der Waals surface area contributed by atoms with Crippen molar-refractivity contribution < 1.29 is 13.9 Å². The summed E-state index contributed by atoms with van der Waals surface area (Å²) in [5, 5.41) is 4.64. The summed E-state index contributed by atoms with van der Waals surface area (Å²) in [4.78, 5) is 14.2. The Morgan fingerprint density at radius 2 is 1.89 bits per heavy atom. The van der Waals surface area contributed by atoms with Gasteiger partial charge in [-0.25, -0.2) is 13.9 Å². The number of hydrogen-bond donors (Lipinski definition) is 1. The molecule has 0 spiro atoms. The topological polar surface area (TPSA) is 73.4 Å². The summed E-state index contributed by atoms with van der Waals surface area (Å²) in [5.74, 6) is 0.245. The van der Waals surface area contributed by atoms with Crippen LogP contribution in [-0.4, -0.2) is 32.9 Å². The van der Waals surface area contributed by atoms with Crippen LogP contribution in [0.4, 0.5) is 15.0 Å². The minimum atomic E-state index is -0.560. The van der Waals surface area contributed by atoms with Crippen molar-refractivity contribution in [1.29, 1.82) is 0 Å². The van der Waals surface area contributed by atoms with Gasteiger partial charge >= 0.3 is 6.09 Å². The maximum Gasteiger partial charge on any atom is 0.410 e. The number of ether oxygens (including phenoxy) is 1. The molecule has 2 aromatic rings. The average Bonchev–Trinajstić information content (AvgIpc) is 2.88. The first-order valence-corrected chi connectivity index (χ1v) is 9.13. The number of benzene rings is 1. The van der Waals surface area contributed by atoms with Crippen molar-refractivity contribution in [2.24, 2.45) is 0 Å². The monoisotopic (exact) mass is 374 g/mol. The Morgan fingerprint density at radius 3 is 2.44 bits per heavy atom. The van der Waals surface area contributed by atoms with Crippen LogP contribution < -0.4 is 5.73 Å². The van der Waals surface area contributed by atoms with Crippen molar-refractivity contribution in [3.63, 3.8) is 0 Å². The Morgan fingerprint density at radius 1 is 1.30 bits per heavy atom. The molecule has 0 saturated carbocycles. The molecule has 0 aliphatic carbocycles. The van der Waals surface area contributed by atoms with Crippen LogP contribution in [0, 0.1) is 19.7 Å². The first-order valence-electron chi connectivity index (χ1n) is 9.13. The fourth-order valence-electron chi connectivity index (χ4n) is 3.52. The number of carbonyl (C=O) groups excluding carboxylic acids is 1. The number of hydrogen-bond acceptors (Lipinski definition) is 4. The van der Waals surface area contributed by atoms with Crippen LogP contribution in [0.15, 0.2) is 12.1 Å². The summed E-state index contributed by atoms with van der Waals surface area (Å²) in [5.41, 5.74) is 9.33. The average molecular weight is 374 g/mol. The van der Waals surface area contributed by atoms with Gasteiger partial charge in [0.1, 0.15) is 17.2 Å². The van der Waals surface area contributed by atoms with Gasteiger partial charge < -0.3 is 15.4 Å². The first kappa shape index (κ1) is 19.2. The number of fused-ring (bicyclic) bond motifs is 1. The molecule has 2 N–H and O–H groups in total. The van der Waals surface area contributed by atoms with E-state index in [9.17, 15) is 9.18 Å². The van der Waals surface area contributed by atoms with Gasteiger partial charge in [0.25, 0.3) is 0 Å². The van der Waals surface area contributed by atoms with E-state index in [1.54, 1.807) is 35.6 Å². The highest BCUT2D eigenvalue weighted by atomic mass is 19.1. The highest BCUT2D eigenvalue weighted by molar-refractivity contribution is 5.70. The zero-order chi connectivity index (χ0) is 20.1. The Bertz CT molecular complexity index is 875. The lowest BCUT2D eigenvalue weighted by atomic mass is 10.00. The van der Waals surface area contributed by atoms with Crippen LogP contribution in [0.2, 0.25) is 0 Å². The number of aryl methyl sites for hydroxylation is 2. The highest BCUT2D eigenvalue weighted by Gasteiger charge is 2.35. The molecule has 0 radical (unpaired) electrons. The van der Waals surface area contributed by atoms with E-state index in [-0.39, 0.29) is 18.0 Å². The van der Waals surface area contributed by atoms with Crippen molar-refractivity contribution in [3.05, 3.63) is 40.3 Å². The molecule has 7 heteroatoms. The number of nitrogens with zero attached hydrogens (tertiary/aromatic N) is 3. The summed E-state index contributed by atoms with van der Waals surface area (Å²) in [6.45, 7) is 11.4. The lowest BCUT2D eigenvalue weighted by Crippen LogP contribution is -2.42. The van der Waals surface area contributed by atoms with E-state index in [0.717, 1.165) is 11.3 Å². The summed E-state index contributed by atoms with van der Waals surface area (Å²) >= 11 is 0. The minimum Gasteiger partial charge on any atom is -0.444 e. The lowest BCUT2D eigenvalue weighted by molar-refractivity contribution is 0.0160. The van der Waals surface area contributed by atoms with Gasteiger partial charge in [0, 0.05) is 18.5 Å². The molecule has 6 nitrogen and oxygen atoms in total. The molecule has 1 aromatic carbocycles. The van der Waals surface area contributed by atoms with E-state index in [0.29, 0.717) is 35.6 Å². The predicted molar refractivity (Wildman–Crippen MR) is 102 cm³/mol. The van der Waals surface area contributed by atoms with E-state index in [1.807, 2.05) is 27.7 Å². The van der Waals surface area contributed by atoms with Gasteiger partial charge in [0.15, 0.2) is 0 Å². The molecule has 146 valence electrons.